The molecule has 0 fully saturated rings. The van der Waals surface area contributed by atoms with E-state index < -0.39 is 54.8 Å². The summed E-state index contributed by atoms with van der Waals surface area (Å²) in [6.45, 7) is -0.950. The topological polar surface area (TPSA) is 214 Å². The number of hydrogen-bond donors (Lipinski definition) is 7. The highest BCUT2D eigenvalue weighted by atomic mass is 16.4. The van der Waals surface area contributed by atoms with Crippen LogP contribution in [0.25, 0.3) is 0 Å². The summed E-state index contributed by atoms with van der Waals surface area (Å²) in [6, 6.07) is 3.90. The number of phenols is 1. The van der Waals surface area contributed by atoms with Gasteiger partial charge >= 0.3 is 5.97 Å². The van der Waals surface area contributed by atoms with Gasteiger partial charge < -0.3 is 37.6 Å². The Morgan fingerprint density at radius 2 is 1.57 bits per heavy atom. The smallest absolute Gasteiger partial charge is 0.326 e. The molecule has 0 aliphatic rings. The van der Waals surface area contributed by atoms with Gasteiger partial charge in [-0.15, -0.1) is 0 Å². The van der Waals surface area contributed by atoms with E-state index in [4.69, 9.17) is 16.6 Å². The van der Waals surface area contributed by atoms with E-state index in [0.29, 0.717) is 0 Å². The van der Waals surface area contributed by atoms with Crippen LogP contribution < -0.4 is 27.4 Å². The maximum Gasteiger partial charge on any atom is 0.326 e. The Morgan fingerprint density at radius 1 is 0.967 bits per heavy atom. The molecule has 0 aromatic heterocycles. The Bertz CT molecular complexity index is 782. The standard InChI is InChI=1S/C18H25N5O7/c19-12(7-10-1-3-11(24)4-2-10)17(28)22-8-15(26)21-9-16(27)23-13(18(29)30)5-6-14(20)25/h1-4,12-13,24H,5-9,19H2,(H2,20,25)(H,21,26)(H,22,28)(H,23,27)(H,29,30). The van der Waals surface area contributed by atoms with Gasteiger partial charge in [-0.2, -0.15) is 0 Å². The van der Waals surface area contributed by atoms with Crippen LogP contribution in [0.15, 0.2) is 24.3 Å². The molecule has 4 amide bonds. The second-order valence-corrected chi connectivity index (χ2v) is 6.43. The lowest BCUT2D eigenvalue weighted by Crippen LogP contribution is -2.49. The molecule has 0 radical (unpaired) electrons. The highest BCUT2D eigenvalue weighted by molar-refractivity contribution is 5.90. The van der Waals surface area contributed by atoms with Crippen molar-refractivity contribution in [2.75, 3.05) is 13.1 Å². The van der Waals surface area contributed by atoms with E-state index in [1.165, 1.54) is 12.1 Å². The molecule has 1 rings (SSSR count). The average molecular weight is 423 g/mol. The molecule has 12 nitrogen and oxygen atoms in total. The van der Waals surface area contributed by atoms with Gasteiger partial charge in [0.25, 0.3) is 0 Å². The van der Waals surface area contributed by atoms with E-state index in [2.05, 4.69) is 16.0 Å². The summed E-state index contributed by atoms with van der Waals surface area (Å²) in [5, 5.41) is 24.9. The monoisotopic (exact) mass is 423 g/mol. The Hall–Kier alpha value is -3.67. The lowest BCUT2D eigenvalue weighted by atomic mass is 10.1. The van der Waals surface area contributed by atoms with Crippen molar-refractivity contribution in [3.8, 4) is 5.75 Å². The summed E-state index contributed by atoms with van der Waals surface area (Å²) in [5.74, 6) is -4.01. The van der Waals surface area contributed by atoms with Crippen LogP contribution in [-0.2, 0) is 30.4 Å². The van der Waals surface area contributed by atoms with E-state index in [1.807, 2.05) is 0 Å². The van der Waals surface area contributed by atoms with E-state index in [0.717, 1.165) is 5.56 Å². The van der Waals surface area contributed by atoms with Crippen molar-refractivity contribution in [1.82, 2.24) is 16.0 Å². The first-order valence-corrected chi connectivity index (χ1v) is 8.97. The predicted molar refractivity (Wildman–Crippen MR) is 104 cm³/mol. The van der Waals surface area contributed by atoms with Crippen molar-refractivity contribution in [1.29, 1.82) is 0 Å². The van der Waals surface area contributed by atoms with Gasteiger partial charge in [0.05, 0.1) is 19.1 Å². The minimum absolute atomic E-state index is 0.0834. The maximum absolute atomic E-state index is 12.0. The predicted octanol–water partition coefficient (Wildman–Crippen LogP) is -2.67. The van der Waals surface area contributed by atoms with Gasteiger partial charge in [0.1, 0.15) is 11.8 Å². The molecule has 1 aromatic carbocycles. The van der Waals surface area contributed by atoms with Crippen molar-refractivity contribution in [3.05, 3.63) is 29.8 Å². The summed E-state index contributed by atoms with van der Waals surface area (Å²) in [7, 11) is 0. The fourth-order valence-corrected chi connectivity index (χ4v) is 2.31. The number of carboxylic acid groups (broad SMARTS) is 1. The van der Waals surface area contributed by atoms with E-state index in [1.54, 1.807) is 12.1 Å². The van der Waals surface area contributed by atoms with Crippen LogP contribution in [0, 0.1) is 0 Å². The number of hydrogen-bond acceptors (Lipinski definition) is 7. The lowest BCUT2D eigenvalue weighted by Gasteiger charge is -2.14. The Kier molecular flexibility index (Phi) is 9.76. The molecule has 164 valence electrons. The molecule has 0 heterocycles. The van der Waals surface area contributed by atoms with Gasteiger partial charge in [-0.25, -0.2) is 4.79 Å². The van der Waals surface area contributed by atoms with Gasteiger partial charge in [0.15, 0.2) is 0 Å². The number of phenolic OH excluding ortho intramolecular Hbond substituents is 1. The fraction of sp³-hybridized carbons (Fsp3) is 0.389. The first kappa shape index (κ1) is 24.4. The first-order valence-electron chi connectivity index (χ1n) is 8.97. The quantitative estimate of drug-likeness (QED) is 0.188. The molecule has 0 saturated heterocycles. The molecule has 2 atom stereocenters. The fourth-order valence-electron chi connectivity index (χ4n) is 2.31. The normalized spacial score (nSPS) is 12.3. The van der Waals surface area contributed by atoms with Gasteiger partial charge in [-0.1, -0.05) is 12.1 Å². The molecule has 12 heteroatoms. The Labute approximate surface area is 172 Å². The number of carboxylic acids is 1. The van der Waals surface area contributed by atoms with Gasteiger partial charge in [-0.3, -0.25) is 19.2 Å². The van der Waals surface area contributed by atoms with Crippen molar-refractivity contribution in [2.45, 2.75) is 31.3 Å². The average Bonchev–Trinajstić information content (AvgIpc) is 2.68. The molecule has 0 spiro atoms. The number of primary amides is 1. The van der Waals surface area contributed by atoms with Crippen molar-refractivity contribution in [3.63, 3.8) is 0 Å². The van der Waals surface area contributed by atoms with Crippen LogP contribution in [0.5, 0.6) is 5.75 Å². The van der Waals surface area contributed by atoms with Crippen molar-refractivity contribution >= 4 is 29.6 Å². The summed E-state index contributed by atoms with van der Waals surface area (Å²) in [4.78, 5) is 57.2. The number of carbonyl (C=O) groups excluding carboxylic acids is 4. The number of aromatic hydroxyl groups is 1. The molecule has 2 unspecified atom stereocenters. The number of carbonyl (C=O) groups is 5. The SMILES string of the molecule is NC(=O)CCC(NC(=O)CNC(=O)CNC(=O)C(N)Cc1ccc(O)cc1)C(=O)O. The third-order valence-electron chi connectivity index (χ3n) is 3.91. The largest absolute Gasteiger partial charge is 0.508 e. The molecule has 9 N–H and O–H groups in total. The highest BCUT2D eigenvalue weighted by Crippen LogP contribution is 2.10. The first-order chi connectivity index (χ1) is 14.1. The second kappa shape index (κ2) is 12.0. The molecule has 0 saturated carbocycles. The van der Waals surface area contributed by atoms with Gasteiger partial charge in [-0.05, 0) is 30.5 Å². The zero-order valence-corrected chi connectivity index (χ0v) is 16.1. The number of rotatable bonds is 12. The minimum Gasteiger partial charge on any atom is -0.508 e. The Morgan fingerprint density at radius 3 is 2.13 bits per heavy atom. The number of benzene rings is 1. The number of amides is 4. The van der Waals surface area contributed by atoms with E-state index in [9.17, 15) is 29.1 Å². The number of nitrogens with two attached hydrogens (primary N) is 2. The van der Waals surface area contributed by atoms with Crippen molar-refractivity contribution in [2.24, 2.45) is 11.5 Å². The van der Waals surface area contributed by atoms with Crippen molar-refractivity contribution < 1.29 is 34.2 Å². The number of nitrogens with one attached hydrogen (secondary N) is 3. The van der Waals surface area contributed by atoms with Crippen LogP contribution in [-0.4, -0.2) is 65.0 Å². The third-order valence-corrected chi connectivity index (χ3v) is 3.91. The third kappa shape index (κ3) is 9.50. The zero-order valence-electron chi connectivity index (χ0n) is 16.1. The minimum atomic E-state index is -1.34. The maximum atomic E-state index is 12.0. The molecular weight excluding hydrogens is 398 g/mol. The summed E-state index contributed by atoms with van der Waals surface area (Å²) in [5.41, 5.74) is 11.4. The van der Waals surface area contributed by atoms with E-state index >= 15 is 0 Å². The molecule has 0 aliphatic carbocycles. The molecule has 0 aliphatic heterocycles. The van der Waals surface area contributed by atoms with Crippen LogP contribution in [0.1, 0.15) is 18.4 Å². The van der Waals surface area contributed by atoms with Gasteiger partial charge in [0.2, 0.25) is 23.6 Å². The van der Waals surface area contributed by atoms with Crippen LogP contribution in [0.2, 0.25) is 0 Å². The van der Waals surface area contributed by atoms with Crippen LogP contribution >= 0.6 is 0 Å². The summed E-state index contributed by atoms with van der Waals surface area (Å²) >= 11 is 0. The summed E-state index contributed by atoms with van der Waals surface area (Å²) in [6.07, 6.45) is -0.211. The summed E-state index contributed by atoms with van der Waals surface area (Å²) < 4.78 is 0. The molecule has 30 heavy (non-hydrogen) atoms. The molecule has 1 aromatic rings. The molecule has 0 bridgehead atoms. The van der Waals surface area contributed by atoms with E-state index in [-0.39, 0.29) is 25.0 Å². The molecular formula is C18H25N5O7. The Balaban J connectivity index is 2.34. The number of aliphatic carboxylic acids is 1. The highest BCUT2D eigenvalue weighted by Gasteiger charge is 2.21. The van der Waals surface area contributed by atoms with Crippen LogP contribution in [0.4, 0.5) is 0 Å². The van der Waals surface area contributed by atoms with Gasteiger partial charge in [0, 0.05) is 6.42 Å². The zero-order chi connectivity index (χ0) is 22.7. The lowest BCUT2D eigenvalue weighted by molar-refractivity contribution is -0.142. The van der Waals surface area contributed by atoms with Crippen LogP contribution in [0.3, 0.4) is 0 Å². The second-order valence-electron chi connectivity index (χ2n) is 6.43.